The highest BCUT2D eigenvalue weighted by Gasteiger charge is 2.35. The molecule has 156 valence electrons. The smallest absolute Gasteiger partial charge is 0.322 e. The molecule has 0 aliphatic carbocycles. The zero-order valence-corrected chi connectivity index (χ0v) is 16.4. The monoisotopic (exact) mass is 418 g/mol. The Labute approximate surface area is 177 Å². The molecule has 5 rings (SSSR count). The highest BCUT2D eigenvalue weighted by Crippen LogP contribution is 2.33. The van der Waals surface area contributed by atoms with Gasteiger partial charge in [-0.15, -0.1) is 5.10 Å². The third-order valence-electron chi connectivity index (χ3n) is 5.04. The average molecular weight is 418 g/mol. The lowest BCUT2D eigenvalue weighted by Gasteiger charge is -2.15. The second kappa shape index (κ2) is 7.94. The van der Waals surface area contributed by atoms with Gasteiger partial charge in [0.25, 0.3) is 5.91 Å². The van der Waals surface area contributed by atoms with Crippen LogP contribution >= 0.6 is 0 Å². The van der Waals surface area contributed by atoms with Crippen LogP contribution in [0.1, 0.15) is 23.8 Å². The Morgan fingerprint density at radius 2 is 1.94 bits per heavy atom. The molecule has 1 aromatic heterocycles. The van der Waals surface area contributed by atoms with E-state index >= 15 is 0 Å². The second-order valence-electron chi connectivity index (χ2n) is 7.12. The van der Waals surface area contributed by atoms with Crippen LogP contribution in [0.5, 0.6) is 11.5 Å². The van der Waals surface area contributed by atoms with Crippen molar-refractivity contribution in [1.29, 1.82) is 0 Å². The van der Waals surface area contributed by atoms with Crippen molar-refractivity contribution in [2.45, 2.75) is 12.3 Å². The van der Waals surface area contributed by atoms with Gasteiger partial charge in [0, 0.05) is 24.7 Å². The van der Waals surface area contributed by atoms with E-state index in [2.05, 4.69) is 15.5 Å². The van der Waals surface area contributed by atoms with Crippen LogP contribution in [-0.4, -0.2) is 35.3 Å². The first-order valence-corrected chi connectivity index (χ1v) is 9.73. The van der Waals surface area contributed by atoms with Crippen LogP contribution in [0, 0.1) is 0 Å². The molecule has 1 saturated heterocycles. The topological polar surface area (TPSA) is 107 Å². The molecule has 2 aliphatic heterocycles. The van der Waals surface area contributed by atoms with Crippen LogP contribution in [0.2, 0.25) is 0 Å². The van der Waals surface area contributed by atoms with Crippen molar-refractivity contribution in [2.24, 2.45) is 0 Å². The molecule has 0 saturated carbocycles. The minimum absolute atomic E-state index is 0.00774. The number of ether oxygens (including phenoxy) is 2. The summed E-state index contributed by atoms with van der Waals surface area (Å²) < 4.78 is 16.2. The zero-order valence-electron chi connectivity index (χ0n) is 16.4. The number of amides is 2. The predicted octanol–water partition coefficient (Wildman–Crippen LogP) is 2.97. The Morgan fingerprint density at radius 3 is 2.81 bits per heavy atom. The van der Waals surface area contributed by atoms with Crippen LogP contribution < -0.4 is 19.7 Å². The number of carbonyl (C=O) groups excluding carboxylic acids is 2. The van der Waals surface area contributed by atoms with E-state index in [0.717, 1.165) is 11.3 Å². The van der Waals surface area contributed by atoms with Crippen LogP contribution in [-0.2, 0) is 9.59 Å². The van der Waals surface area contributed by atoms with E-state index in [-0.39, 0.29) is 31.1 Å². The van der Waals surface area contributed by atoms with E-state index < -0.39 is 5.91 Å². The molecule has 1 unspecified atom stereocenters. The minimum Gasteiger partial charge on any atom is -0.454 e. The fourth-order valence-electron chi connectivity index (χ4n) is 3.52. The molecule has 0 bridgehead atoms. The summed E-state index contributed by atoms with van der Waals surface area (Å²) in [5.41, 5.74) is 1.62. The van der Waals surface area contributed by atoms with Gasteiger partial charge in [0.2, 0.25) is 18.6 Å². The van der Waals surface area contributed by atoms with E-state index in [0.29, 0.717) is 23.9 Å². The van der Waals surface area contributed by atoms with Gasteiger partial charge in [-0.3, -0.25) is 14.9 Å². The standard InChI is InChI=1S/C22H18N4O5/c27-19(9-7-14-6-8-17-18(10-14)30-13-29-17)23-22-25-24-21(31-22)15-11-20(28)26(12-15)16-4-2-1-3-5-16/h1-10,15H,11-13H2,(H,23,25,27). The number of fused-ring (bicyclic) bond motifs is 1. The first kappa shape index (κ1) is 18.9. The van der Waals surface area contributed by atoms with Gasteiger partial charge in [-0.1, -0.05) is 29.4 Å². The van der Waals surface area contributed by atoms with Crippen molar-refractivity contribution in [2.75, 3.05) is 23.6 Å². The van der Waals surface area contributed by atoms with Gasteiger partial charge < -0.3 is 18.8 Å². The normalized spacial score (nSPS) is 17.5. The number of aromatic nitrogens is 2. The molecule has 3 aromatic rings. The van der Waals surface area contributed by atoms with E-state index in [9.17, 15) is 9.59 Å². The Morgan fingerprint density at radius 1 is 1.10 bits per heavy atom. The SMILES string of the molecule is O=C(C=Cc1ccc2c(c1)OCO2)Nc1nnc(C2CC(=O)N(c3ccccc3)C2)o1. The summed E-state index contributed by atoms with van der Waals surface area (Å²) in [4.78, 5) is 26.3. The van der Waals surface area contributed by atoms with Crippen molar-refractivity contribution in [3.63, 3.8) is 0 Å². The lowest BCUT2D eigenvalue weighted by molar-refractivity contribution is -0.117. The Kier molecular flexibility index (Phi) is 4.83. The quantitative estimate of drug-likeness (QED) is 0.635. The Balaban J connectivity index is 1.21. The molecule has 1 fully saturated rings. The number of hydrogen-bond acceptors (Lipinski definition) is 7. The molecule has 2 amide bonds. The van der Waals surface area contributed by atoms with Gasteiger partial charge in [-0.25, -0.2) is 0 Å². The molecule has 1 N–H and O–H groups in total. The van der Waals surface area contributed by atoms with E-state index in [1.54, 1.807) is 23.1 Å². The van der Waals surface area contributed by atoms with Gasteiger partial charge in [-0.2, -0.15) is 0 Å². The van der Waals surface area contributed by atoms with Crippen molar-refractivity contribution >= 4 is 29.6 Å². The van der Waals surface area contributed by atoms with Gasteiger partial charge in [0.1, 0.15) is 0 Å². The lowest BCUT2D eigenvalue weighted by atomic mass is 10.1. The molecule has 9 heteroatoms. The summed E-state index contributed by atoms with van der Waals surface area (Å²) in [6.45, 7) is 0.640. The van der Waals surface area contributed by atoms with Gasteiger partial charge >= 0.3 is 6.01 Å². The third kappa shape index (κ3) is 3.97. The summed E-state index contributed by atoms with van der Waals surface area (Å²) in [6, 6.07) is 14.8. The molecule has 2 aliphatic rings. The molecular formula is C22H18N4O5. The highest BCUT2D eigenvalue weighted by atomic mass is 16.7. The Bertz CT molecular complexity index is 1160. The maximum absolute atomic E-state index is 12.4. The summed E-state index contributed by atoms with van der Waals surface area (Å²) in [5.74, 6) is 0.987. The van der Waals surface area contributed by atoms with Crippen LogP contribution in [0.3, 0.4) is 0 Å². The van der Waals surface area contributed by atoms with Crippen LogP contribution in [0.25, 0.3) is 6.08 Å². The molecule has 0 spiro atoms. The van der Waals surface area contributed by atoms with Gasteiger partial charge in [0.15, 0.2) is 11.5 Å². The predicted molar refractivity (Wildman–Crippen MR) is 111 cm³/mol. The molecule has 31 heavy (non-hydrogen) atoms. The van der Waals surface area contributed by atoms with E-state index in [1.165, 1.54) is 6.08 Å². The maximum atomic E-state index is 12.4. The number of para-hydroxylation sites is 1. The number of benzene rings is 2. The molecule has 1 atom stereocenters. The number of nitrogens with zero attached hydrogens (tertiary/aromatic N) is 3. The van der Waals surface area contributed by atoms with Crippen LogP contribution in [0.15, 0.2) is 59.0 Å². The molecule has 0 radical (unpaired) electrons. The number of rotatable bonds is 5. The molecule has 2 aromatic carbocycles. The number of nitrogens with one attached hydrogen (secondary N) is 1. The van der Waals surface area contributed by atoms with Gasteiger partial charge in [0.05, 0.1) is 5.92 Å². The summed E-state index contributed by atoms with van der Waals surface area (Å²) in [5, 5.41) is 10.4. The van der Waals surface area contributed by atoms with Gasteiger partial charge in [-0.05, 0) is 35.9 Å². The first-order chi connectivity index (χ1) is 15.2. The summed E-state index contributed by atoms with van der Waals surface area (Å²) in [6.07, 6.45) is 3.27. The Hall–Kier alpha value is -4.14. The average Bonchev–Trinajstić information content (AvgIpc) is 3.52. The summed E-state index contributed by atoms with van der Waals surface area (Å²) in [7, 11) is 0. The zero-order chi connectivity index (χ0) is 21.2. The highest BCUT2D eigenvalue weighted by molar-refractivity contribution is 6.00. The summed E-state index contributed by atoms with van der Waals surface area (Å²) >= 11 is 0. The van der Waals surface area contributed by atoms with Crippen molar-refractivity contribution in [3.05, 3.63) is 66.1 Å². The molecule has 9 nitrogen and oxygen atoms in total. The number of anilines is 2. The lowest BCUT2D eigenvalue weighted by Crippen LogP contribution is -2.24. The fraction of sp³-hybridized carbons (Fsp3) is 0.182. The van der Waals surface area contributed by atoms with E-state index in [1.807, 2.05) is 36.4 Å². The fourth-order valence-corrected chi connectivity index (χ4v) is 3.52. The third-order valence-corrected chi connectivity index (χ3v) is 5.04. The van der Waals surface area contributed by atoms with Crippen molar-refractivity contribution in [1.82, 2.24) is 10.2 Å². The minimum atomic E-state index is -0.415. The van der Waals surface area contributed by atoms with Crippen LogP contribution in [0.4, 0.5) is 11.7 Å². The molecule has 3 heterocycles. The largest absolute Gasteiger partial charge is 0.454 e. The first-order valence-electron chi connectivity index (χ1n) is 9.73. The van der Waals surface area contributed by atoms with Crippen molar-refractivity contribution in [3.8, 4) is 11.5 Å². The maximum Gasteiger partial charge on any atom is 0.322 e. The number of hydrogen-bond donors (Lipinski definition) is 1. The van der Waals surface area contributed by atoms with E-state index in [4.69, 9.17) is 13.9 Å². The van der Waals surface area contributed by atoms with Crippen molar-refractivity contribution < 1.29 is 23.5 Å². The molecular weight excluding hydrogens is 400 g/mol. The number of carbonyl (C=O) groups is 2. The second-order valence-corrected chi connectivity index (χ2v) is 7.12.